The molecular formula is C14H13Cl2NOS2. The number of ketones is 1. The van der Waals surface area contributed by atoms with Crippen LogP contribution in [0.1, 0.15) is 28.8 Å². The van der Waals surface area contributed by atoms with Crippen LogP contribution >= 0.6 is 45.9 Å². The van der Waals surface area contributed by atoms with Gasteiger partial charge in [-0.15, -0.1) is 11.3 Å². The van der Waals surface area contributed by atoms with Gasteiger partial charge >= 0.3 is 0 Å². The highest BCUT2D eigenvalue weighted by Crippen LogP contribution is 2.33. The molecule has 0 spiro atoms. The van der Waals surface area contributed by atoms with E-state index in [-0.39, 0.29) is 5.78 Å². The average molecular weight is 346 g/mol. The molecule has 20 heavy (non-hydrogen) atoms. The number of Topliss-reactive ketones (excluding diaryl/α,β-unsaturated/α-hetero) is 1. The van der Waals surface area contributed by atoms with E-state index in [2.05, 4.69) is 21.7 Å². The Bertz CT molecular complexity index is 605. The van der Waals surface area contributed by atoms with E-state index in [0.29, 0.717) is 26.8 Å². The fourth-order valence-electron chi connectivity index (χ4n) is 2.17. The summed E-state index contributed by atoms with van der Waals surface area (Å²) in [6.07, 6.45) is 2.35. The van der Waals surface area contributed by atoms with Crippen LogP contribution in [0.15, 0.2) is 22.9 Å². The van der Waals surface area contributed by atoms with Crippen LogP contribution in [0.5, 0.6) is 0 Å². The van der Waals surface area contributed by atoms with Crippen molar-refractivity contribution in [1.82, 2.24) is 4.90 Å². The maximum atomic E-state index is 12.4. The van der Waals surface area contributed by atoms with Gasteiger partial charge in [-0.2, -0.15) is 11.3 Å². The second-order valence-electron chi connectivity index (χ2n) is 4.93. The van der Waals surface area contributed by atoms with Gasteiger partial charge in [0.15, 0.2) is 5.78 Å². The van der Waals surface area contributed by atoms with E-state index in [1.807, 2.05) is 0 Å². The second-order valence-corrected chi connectivity index (χ2v) is 7.99. The summed E-state index contributed by atoms with van der Waals surface area (Å²) in [7, 11) is 0. The number of nitrogens with zero attached hydrogens (tertiary/aromatic N) is 1. The van der Waals surface area contributed by atoms with E-state index in [0.717, 1.165) is 6.54 Å². The molecule has 0 amide bonds. The Balaban J connectivity index is 1.70. The van der Waals surface area contributed by atoms with Crippen molar-refractivity contribution in [1.29, 1.82) is 0 Å². The van der Waals surface area contributed by atoms with E-state index < -0.39 is 0 Å². The Morgan fingerprint density at radius 3 is 2.75 bits per heavy atom. The minimum atomic E-state index is 0.0558. The molecular weight excluding hydrogens is 333 g/mol. The first-order valence-electron chi connectivity index (χ1n) is 6.36. The molecule has 2 aromatic heterocycles. The normalized spacial score (nSPS) is 14.9. The molecule has 1 fully saturated rings. The van der Waals surface area contributed by atoms with E-state index in [9.17, 15) is 4.79 Å². The fraction of sp³-hybridized carbons (Fsp3) is 0.357. The third kappa shape index (κ3) is 3.43. The number of hydrogen-bond donors (Lipinski definition) is 0. The summed E-state index contributed by atoms with van der Waals surface area (Å²) in [5, 5.41) is 4.20. The van der Waals surface area contributed by atoms with Crippen LogP contribution in [0.25, 0.3) is 0 Å². The van der Waals surface area contributed by atoms with Gasteiger partial charge in [-0.3, -0.25) is 9.69 Å². The molecule has 2 heterocycles. The van der Waals surface area contributed by atoms with Gasteiger partial charge in [0.1, 0.15) is 4.34 Å². The Kier molecular flexibility index (Phi) is 4.48. The lowest BCUT2D eigenvalue weighted by Gasteiger charge is -2.20. The number of carbonyl (C=O) groups excluding carboxylic acids is 1. The van der Waals surface area contributed by atoms with Crippen molar-refractivity contribution in [3.05, 3.63) is 42.7 Å². The first kappa shape index (κ1) is 14.5. The molecule has 0 aliphatic heterocycles. The molecule has 1 aliphatic rings. The fourth-order valence-corrected chi connectivity index (χ4v) is 4.33. The zero-order valence-corrected chi connectivity index (χ0v) is 13.8. The lowest BCUT2D eigenvalue weighted by molar-refractivity contribution is 0.0920. The van der Waals surface area contributed by atoms with Crippen LogP contribution in [0.4, 0.5) is 0 Å². The van der Waals surface area contributed by atoms with Gasteiger partial charge < -0.3 is 0 Å². The first-order valence-corrected chi connectivity index (χ1v) is 8.88. The van der Waals surface area contributed by atoms with Crippen molar-refractivity contribution in [2.45, 2.75) is 25.4 Å². The number of thiophene rings is 2. The second kappa shape index (κ2) is 6.16. The molecule has 0 N–H and O–H groups in total. The highest BCUT2D eigenvalue weighted by molar-refractivity contribution is 7.20. The summed E-state index contributed by atoms with van der Waals surface area (Å²) in [4.78, 5) is 14.6. The Labute approximate surface area is 135 Å². The Morgan fingerprint density at radius 2 is 2.20 bits per heavy atom. The molecule has 3 rings (SSSR count). The molecule has 0 aromatic carbocycles. The molecule has 2 nitrogen and oxygen atoms in total. The molecule has 0 atom stereocenters. The van der Waals surface area contributed by atoms with Crippen molar-refractivity contribution < 1.29 is 4.79 Å². The number of carbonyl (C=O) groups is 1. The summed E-state index contributed by atoms with van der Waals surface area (Å²) < 4.78 is 1.06. The van der Waals surface area contributed by atoms with Gasteiger partial charge in [0.05, 0.1) is 16.4 Å². The van der Waals surface area contributed by atoms with E-state index in [4.69, 9.17) is 23.2 Å². The molecule has 0 radical (unpaired) electrons. The monoisotopic (exact) mass is 345 g/mol. The highest BCUT2D eigenvalue weighted by Gasteiger charge is 2.31. The van der Waals surface area contributed by atoms with Crippen LogP contribution in [0.3, 0.4) is 0 Å². The summed E-state index contributed by atoms with van der Waals surface area (Å²) in [6, 6.07) is 4.32. The van der Waals surface area contributed by atoms with Gasteiger partial charge in [0.2, 0.25) is 0 Å². The van der Waals surface area contributed by atoms with Crippen LogP contribution in [0, 0.1) is 0 Å². The molecule has 1 aliphatic carbocycles. The summed E-state index contributed by atoms with van der Waals surface area (Å²) in [5.74, 6) is 0.0558. The zero-order valence-electron chi connectivity index (χ0n) is 10.6. The molecule has 0 bridgehead atoms. The van der Waals surface area contributed by atoms with Gasteiger partial charge in [0, 0.05) is 12.6 Å². The average Bonchev–Trinajstić information content (AvgIpc) is 3.02. The predicted molar refractivity (Wildman–Crippen MR) is 86.4 cm³/mol. The van der Waals surface area contributed by atoms with Crippen molar-refractivity contribution in [2.24, 2.45) is 0 Å². The minimum absolute atomic E-state index is 0.0558. The molecule has 0 saturated heterocycles. The van der Waals surface area contributed by atoms with Crippen molar-refractivity contribution in [3.63, 3.8) is 0 Å². The Hall–Kier alpha value is -0.390. The molecule has 1 saturated carbocycles. The lowest BCUT2D eigenvalue weighted by atomic mass is 10.2. The van der Waals surface area contributed by atoms with Gasteiger partial charge in [-0.25, -0.2) is 0 Å². The van der Waals surface area contributed by atoms with Crippen molar-refractivity contribution in [2.75, 3.05) is 6.54 Å². The van der Waals surface area contributed by atoms with Gasteiger partial charge in [0.25, 0.3) is 0 Å². The highest BCUT2D eigenvalue weighted by atomic mass is 35.5. The van der Waals surface area contributed by atoms with Crippen molar-refractivity contribution >= 4 is 51.7 Å². The van der Waals surface area contributed by atoms with E-state index in [1.54, 1.807) is 17.4 Å². The third-order valence-electron chi connectivity index (χ3n) is 3.33. The van der Waals surface area contributed by atoms with Crippen LogP contribution in [-0.2, 0) is 6.54 Å². The maximum absolute atomic E-state index is 12.4. The predicted octanol–water partition coefficient (Wildman–Crippen LogP) is 4.96. The SMILES string of the molecule is O=C(CN(Cc1ccsc1)C1CC1)c1cc(Cl)sc1Cl. The van der Waals surface area contributed by atoms with Crippen LogP contribution in [-0.4, -0.2) is 23.3 Å². The Morgan fingerprint density at radius 1 is 1.40 bits per heavy atom. The molecule has 0 unspecified atom stereocenters. The van der Waals surface area contributed by atoms with Gasteiger partial charge in [-0.05, 0) is 41.3 Å². The van der Waals surface area contributed by atoms with E-state index in [1.165, 1.54) is 29.7 Å². The van der Waals surface area contributed by atoms with Crippen LogP contribution < -0.4 is 0 Å². The van der Waals surface area contributed by atoms with E-state index >= 15 is 0 Å². The standard InChI is InChI=1S/C14H13Cl2NOS2/c15-13-5-11(14(16)20-13)12(18)7-17(10-1-2-10)6-9-3-4-19-8-9/h3-5,8,10H,1-2,6-7H2. The topological polar surface area (TPSA) is 20.3 Å². The zero-order chi connectivity index (χ0) is 14.1. The molecule has 2 aromatic rings. The van der Waals surface area contributed by atoms with Crippen LogP contribution in [0.2, 0.25) is 8.67 Å². The smallest absolute Gasteiger partial charge is 0.179 e. The summed E-state index contributed by atoms with van der Waals surface area (Å²) >= 11 is 14.9. The quantitative estimate of drug-likeness (QED) is 0.689. The first-order chi connectivity index (χ1) is 9.63. The number of halogens is 2. The minimum Gasteiger partial charge on any atom is -0.293 e. The van der Waals surface area contributed by atoms with Gasteiger partial charge in [-0.1, -0.05) is 23.2 Å². The molecule has 106 valence electrons. The summed E-state index contributed by atoms with van der Waals surface area (Å²) in [6.45, 7) is 1.24. The molecule has 6 heteroatoms. The third-order valence-corrected chi connectivity index (χ3v) is 5.55. The largest absolute Gasteiger partial charge is 0.293 e. The number of hydrogen-bond acceptors (Lipinski definition) is 4. The lowest BCUT2D eigenvalue weighted by Crippen LogP contribution is -2.31. The van der Waals surface area contributed by atoms with Crippen molar-refractivity contribution in [3.8, 4) is 0 Å². The summed E-state index contributed by atoms with van der Waals surface area (Å²) in [5.41, 5.74) is 1.82. The maximum Gasteiger partial charge on any atom is 0.179 e. The number of rotatable bonds is 6.